The Balaban J connectivity index is 1.48. The van der Waals surface area contributed by atoms with Crippen LogP contribution in [0.5, 0.6) is 0 Å². The molecule has 0 aliphatic heterocycles. The smallest absolute Gasteiger partial charge is 0.224 e. The number of hydrazone groups is 1. The van der Waals surface area contributed by atoms with Crippen LogP contribution in [0, 0.1) is 12.7 Å². The number of para-hydroxylation sites is 3. The molecule has 5 nitrogen and oxygen atoms in total. The number of hydrogen-bond donors (Lipinski definition) is 1. The van der Waals surface area contributed by atoms with Crippen molar-refractivity contribution >= 4 is 34.1 Å². The lowest BCUT2D eigenvalue weighted by Gasteiger charge is -2.08. The van der Waals surface area contributed by atoms with Gasteiger partial charge in [0, 0.05) is 35.8 Å². The maximum atomic E-state index is 13.3. The van der Waals surface area contributed by atoms with Crippen molar-refractivity contribution in [2.45, 2.75) is 13.5 Å². The number of hydrogen-bond acceptors (Lipinski definition) is 3. The Bertz CT molecular complexity index is 1410. The fourth-order valence-electron chi connectivity index (χ4n) is 4.00. The Hall–Kier alpha value is -3.93. The molecule has 0 aliphatic carbocycles. The van der Waals surface area contributed by atoms with Crippen molar-refractivity contribution in [1.29, 1.82) is 0 Å². The second-order valence-corrected chi connectivity index (χ2v) is 7.58. The molecule has 3 aromatic carbocycles. The maximum Gasteiger partial charge on any atom is 0.224 e. The van der Waals surface area contributed by atoms with Crippen LogP contribution in [0.2, 0.25) is 0 Å². The normalized spacial score (nSPS) is 11.7. The van der Waals surface area contributed by atoms with Gasteiger partial charge in [0.2, 0.25) is 5.95 Å². The van der Waals surface area contributed by atoms with Crippen molar-refractivity contribution in [3.63, 3.8) is 0 Å². The maximum absolute atomic E-state index is 13.3. The van der Waals surface area contributed by atoms with E-state index < -0.39 is 0 Å². The Morgan fingerprint density at radius 2 is 1.68 bits per heavy atom. The van der Waals surface area contributed by atoms with E-state index in [9.17, 15) is 4.39 Å². The highest BCUT2D eigenvalue weighted by Gasteiger charge is 2.13. The SMILES string of the molecule is Cc1c(/C=N\Nc2nc3ccccc3n2C)c2ccccc2n1Cc1ccc(F)cc1. The largest absolute Gasteiger partial charge is 0.340 e. The van der Waals surface area contributed by atoms with Crippen molar-refractivity contribution in [3.05, 3.63) is 95.4 Å². The Morgan fingerprint density at radius 3 is 2.45 bits per heavy atom. The summed E-state index contributed by atoms with van der Waals surface area (Å²) in [5, 5.41) is 5.61. The van der Waals surface area contributed by atoms with Gasteiger partial charge in [0.25, 0.3) is 0 Å². The van der Waals surface area contributed by atoms with Gasteiger partial charge < -0.3 is 9.13 Å². The van der Waals surface area contributed by atoms with Gasteiger partial charge in [-0.1, -0.05) is 42.5 Å². The average molecular weight is 411 g/mol. The number of nitrogens with zero attached hydrogens (tertiary/aromatic N) is 4. The van der Waals surface area contributed by atoms with Gasteiger partial charge in [0.05, 0.1) is 17.2 Å². The predicted molar refractivity (Wildman–Crippen MR) is 124 cm³/mol. The van der Waals surface area contributed by atoms with Gasteiger partial charge in [0.15, 0.2) is 0 Å². The Kier molecular flexibility index (Phi) is 4.75. The van der Waals surface area contributed by atoms with E-state index in [1.165, 1.54) is 12.1 Å². The molecule has 2 aromatic heterocycles. The molecule has 0 saturated carbocycles. The second-order valence-electron chi connectivity index (χ2n) is 7.58. The van der Waals surface area contributed by atoms with Crippen LogP contribution in [0.4, 0.5) is 10.3 Å². The van der Waals surface area contributed by atoms with Crippen molar-refractivity contribution in [3.8, 4) is 0 Å². The van der Waals surface area contributed by atoms with Crippen LogP contribution in [0.3, 0.4) is 0 Å². The molecular weight excluding hydrogens is 389 g/mol. The first-order chi connectivity index (χ1) is 15.1. The third-order valence-electron chi connectivity index (χ3n) is 5.68. The highest BCUT2D eigenvalue weighted by atomic mass is 19.1. The third kappa shape index (κ3) is 3.46. The number of anilines is 1. The van der Waals surface area contributed by atoms with Crippen LogP contribution in [-0.4, -0.2) is 20.3 Å². The lowest BCUT2D eigenvalue weighted by molar-refractivity contribution is 0.626. The number of nitrogens with one attached hydrogen (secondary N) is 1. The number of benzene rings is 3. The highest BCUT2D eigenvalue weighted by Crippen LogP contribution is 2.26. The molecule has 1 N–H and O–H groups in total. The van der Waals surface area contributed by atoms with Gasteiger partial charge in [-0.3, -0.25) is 0 Å². The number of halogens is 1. The van der Waals surface area contributed by atoms with E-state index in [1.807, 2.05) is 66.4 Å². The topological polar surface area (TPSA) is 47.1 Å². The molecule has 0 unspecified atom stereocenters. The van der Waals surface area contributed by atoms with E-state index >= 15 is 0 Å². The van der Waals surface area contributed by atoms with Crippen LogP contribution >= 0.6 is 0 Å². The van der Waals surface area contributed by atoms with Crippen LogP contribution in [0.1, 0.15) is 16.8 Å². The molecule has 0 radical (unpaired) electrons. The summed E-state index contributed by atoms with van der Waals surface area (Å²) in [6.07, 6.45) is 1.85. The molecule has 0 spiro atoms. The minimum absolute atomic E-state index is 0.223. The third-order valence-corrected chi connectivity index (χ3v) is 5.68. The number of aryl methyl sites for hydroxylation is 1. The number of fused-ring (bicyclic) bond motifs is 2. The van der Waals surface area contributed by atoms with Gasteiger partial charge in [-0.05, 0) is 42.8 Å². The van der Waals surface area contributed by atoms with Crippen molar-refractivity contribution in [2.75, 3.05) is 5.43 Å². The molecule has 0 fully saturated rings. The number of rotatable bonds is 5. The van der Waals surface area contributed by atoms with Crippen LogP contribution < -0.4 is 5.43 Å². The average Bonchev–Trinajstić information content (AvgIpc) is 3.25. The van der Waals surface area contributed by atoms with Gasteiger partial charge in [-0.25, -0.2) is 14.8 Å². The highest BCUT2D eigenvalue weighted by molar-refractivity contribution is 6.01. The number of aromatic nitrogens is 3. The first-order valence-corrected chi connectivity index (χ1v) is 10.1. The summed E-state index contributed by atoms with van der Waals surface area (Å²) >= 11 is 0. The summed E-state index contributed by atoms with van der Waals surface area (Å²) in [4.78, 5) is 4.60. The van der Waals surface area contributed by atoms with E-state index in [4.69, 9.17) is 0 Å². The molecule has 0 aliphatic rings. The zero-order valence-corrected chi connectivity index (χ0v) is 17.4. The predicted octanol–water partition coefficient (Wildman–Crippen LogP) is 5.47. The fourth-order valence-corrected chi connectivity index (χ4v) is 4.00. The van der Waals surface area contributed by atoms with Gasteiger partial charge in [0.1, 0.15) is 5.82 Å². The van der Waals surface area contributed by atoms with E-state index in [0.29, 0.717) is 12.5 Å². The molecule has 6 heteroatoms. The molecule has 31 heavy (non-hydrogen) atoms. The van der Waals surface area contributed by atoms with Crippen LogP contribution in [-0.2, 0) is 13.6 Å². The standard InChI is InChI=1S/C25H22FN5/c1-17-21(15-27-29-25-28-22-8-4-6-10-24(22)30(25)2)20-7-3-5-9-23(20)31(17)16-18-11-13-19(26)14-12-18/h3-15H,16H2,1-2H3,(H,28,29)/b27-15-. The Labute approximate surface area is 179 Å². The molecule has 0 atom stereocenters. The van der Waals surface area contributed by atoms with Gasteiger partial charge in [-0.2, -0.15) is 5.10 Å². The summed E-state index contributed by atoms with van der Waals surface area (Å²) in [5.41, 5.74) is 9.36. The van der Waals surface area contributed by atoms with E-state index in [-0.39, 0.29) is 5.82 Å². The molecule has 2 heterocycles. The fraction of sp³-hybridized carbons (Fsp3) is 0.120. The Morgan fingerprint density at radius 1 is 0.968 bits per heavy atom. The van der Waals surface area contributed by atoms with E-state index in [0.717, 1.165) is 38.8 Å². The molecule has 0 saturated heterocycles. The summed E-state index contributed by atoms with van der Waals surface area (Å²) in [6.45, 7) is 2.75. The summed E-state index contributed by atoms with van der Waals surface area (Å²) in [6, 6.07) is 22.9. The summed E-state index contributed by atoms with van der Waals surface area (Å²) < 4.78 is 17.5. The summed E-state index contributed by atoms with van der Waals surface area (Å²) in [7, 11) is 1.97. The van der Waals surface area contributed by atoms with E-state index in [2.05, 4.69) is 39.1 Å². The molecular formula is C25H22FN5. The molecule has 154 valence electrons. The van der Waals surface area contributed by atoms with Crippen molar-refractivity contribution in [2.24, 2.45) is 12.1 Å². The molecule has 5 aromatic rings. The first kappa shape index (κ1) is 19.1. The van der Waals surface area contributed by atoms with Crippen LogP contribution in [0.15, 0.2) is 77.9 Å². The molecule has 0 amide bonds. The number of imidazole rings is 1. The van der Waals surface area contributed by atoms with E-state index in [1.54, 1.807) is 0 Å². The lowest BCUT2D eigenvalue weighted by Crippen LogP contribution is -2.03. The monoisotopic (exact) mass is 411 g/mol. The summed E-state index contributed by atoms with van der Waals surface area (Å²) in [5.74, 6) is 0.462. The van der Waals surface area contributed by atoms with Crippen molar-refractivity contribution in [1.82, 2.24) is 14.1 Å². The zero-order valence-electron chi connectivity index (χ0n) is 17.4. The molecule has 0 bridgehead atoms. The quantitative estimate of drug-likeness (QED) is 0.308. The zero-order chi connectivity index (χ0) is 21.4. The van der Waals surface area contributed by atoms with Crippen LogP contribution in [0.25, 0.3) is 21.9 Å². The minimum atomic E-state index is -0.223. The van der Waals surface area contributed by atoms with Crippen molar-refractivity contribution < 1.29 is 4.39 Å². The minimum Gasteiger partial charge on any atom is -0.340 e. The molecule has 5 rings (SSSR count). The second kappa shape index (κ2) is 7.72. The lowest BCUT2D eigenvalue weighted by atomic mass is 10.1. The van der Waals surface area contributed by atoms with Gasteiger partial charge in [-0.15, -0.1) is 0 Å². The van der Waals surface area contributed by atoms with Gasteiger partial charge >= 0.3 is 0 Å². The first-order valence-electron chi connectivity index (χ1n) is 10.1.